The van der Waals surface area contributed by atoms with Crippen molar-refractivity contribution in [3.8, 4) is 5.75 Å². The molecule has 0 atom stereocenters. The van der Waals surface area contributed by atoms with Gasteiger partial charge in [0.05, 0.1) is 7.11 Å². The molecule has 0 bridgehead atoms. The number of rotatable bonds is 5. The van der Waals surface area contributed by atoms with Gasteiger partial charge in [0.1, 0.15) is 5.75 Å². The molecule has 1 fully saturated rings. The molecule has 1 aliphatic carbocycles. The lowest BCUT2D eigenvalue weighted by molar-refractivity contribution is -0.288. The maximum absolute atomic E-state index is 12.3. The number of halogens is 1. The van der Waals surface area contributed by atoms with E-state index in [9.17, 15) is 4.79 Å². The van der Waals surface area contributed by atoms with E-state index in [-0.39, 0.29) is 11.9 Å². The minimum Gasteiger partial charge on any atom is -0.496 e. The van der Waals surface area contributed by atoms with Crippen LogP contribution in [0, 0.1) is 11.6 Å². The molecule has 25 heavy (non-hydrogen) atoms. The highest BCUT2D eigenvalue weighted by Gasteiger charge is 2.33. The first kappa shape index (κ1) is 17.8. The number of ether oxygens (including phenoxy) is 1. The zero-order valence-corrected chi connectivity index (χ0v) is 15.7. The number of benzene rings is 2. The Kier molecular flexibility index (Phi) is 5.33. The van der Waals surface area contributed by atoms with E-state index < -0.39 is 0 Å². The first-order valence-corrected chi connectivity index (χ1v) is 9.14. The van der Waals surface area contributed by atoms with Gasteiger partial charge in [0.15, 0.2) is 11.6 Å². The summed E-state index contributed by atoms with van der Waals surface area (Å²) >= 11 is 5.16. The first-order chi connectivity index (χ1) is 12.0. The van der Waals surface area contributed by atoms with E-state index >= 15 is 0 Å². The lowest BCUT2D eigenvalue weighted by atomic mass is 9.68. The zero-order valence-electron chi connectivity index (χ0n) is 14.9. The molecule has 4 heteroatoms. The number of hydrogen-bond acceptors (Lipinski definition) is 2. The molecule has 1 N–H and O–H groups in total. The van der Waals surface area contributed by atoms with Gasteiger partial charge in [-0.2, -0.15) is 0 Å². The number of carbonyl (C=O) groups is 1. The summed E-state index contributed by atoms with van der Waals surface area (Å²) in [4.78, 5) is 12.3. The predicted molar refractivity (Wildman–Crippen MR) is 97.3 cm³/mol. The van der Waals surface area contributed by atoms with E-state index in [0.717, 1.165) is 29.2 Å². The summed E-state index contributed by atoms with van der Waals surface area (Å²) in [6.07, 6.45) is 2.14. The Morgan fingerprint density at radius 1 is 1.12 bits per heavy atom. The fourth-order valence-corrected chi connectivity index (χ4v) is 3.56. The van der Waals surface area contributed by atoms with Crippen molar-refractivity contribution >= 4 is 5.91 Å². The van der Waals surface area contributed by atoms with Crippen molar-refractivity contribution in [2.24, 2.45) is 0 Å². The molecule has 1 aliphatic rings. The van der Waals surface area contributed by atoms with Crippen LogP contribution in [0.5, 0.6) is 5.75 Å². The van der Waals surface area contributed by atoms with E-state index in [0.29, 0.717) is 17.4 Å². The van der Waals surface area contributed by atoms with Crippen molar-refractivity contribution in [1.29, 1.82) is 0 Å². The van der Waals surface area contributed by atoms with Crippen LogP contribution in [0.4, 0.5) is 0 Å². The average Bonchev–Trinajstić information content (AvgIpc) is 2.54. The molecule has 0 aromatic heterocycles. The second-order valence-electron chi connectivity index (χ2n) is 7.02. The van der Waals surface area contributed by atoms with Crippen LogP contribution < -0.4 is 10.1 Å². The predicted octanol–water partition coefficient (Wildman–Crippen LogP) is 4.19. The fourth-order valence-electron chi connectivity index (χ4n) is 3.42. The number of carbonyl (C=O) groups excluding carboxylic acids is 1. The van der Waals surface area contributed by atoms with Gasteiger partial charge in [0.2, 0.25) is 5.02 Å². The van der Waals surface area contributed by atoms with Gasteiger partial charge in [0.25, 0.3) is 5.91 Å². The quantitative estimate of drug-likeness (QED) is 0.870. The normalized spacial score (nSPS) is 19.4. The van der Waals surface area contributed by atoms with Crippen molar-refractivity contribution in [3.05, 3.63) is 64.2 Å². The summed E-state index contributed by atoms with van der Waals surface area (Å²) in [5.74, 6) is 1.81. The van der Waals surface area contributed by atoms with Crippen LogP contribution in [0.15, 0.2) is 42.5 Å². The zero-order chi connectivity index (χ0) is 18.0. The largest absolute Gasteiger partial charge is 0.496 e. The molecule has 0 saturated heterocycles. The number of methoxy groups -OCH3 is 1. The van der Waals surface area contributed by atoms with Gasteiger partial charge in [-0.15, -0.1) is 0 Å². The van der Waals surface area contributed by atoms with Crippen molar-refractivity contribution in [2.75, 3.05) is 7.11 Å². The second kappa shape index (κ2) is 7.49. The third-order valence-corrected chi connectivity index (χ3v) is 5.11. The third-order valence-electron chi connectivity index (χ3n) is 4.84. The van der Waals surface area contributed by atoms with Crippen molar-refractivity contribution in [1.82, 2.24) is 5.32 Å². The summed E-state index contributed by atoms with van der Waals surface area (Å²) in [5.41, 5.74) is 3.18. The van der Waals surface area contributed by atoms with Gasteiger partial charge < -0.3 is 10.1 Å². The van der Waals surface area contributed by atoms with Gasteiger partial charge in [-0.05, 0) is 67.9 Å². The van der Waals surface area contributed by atoms with Crippen LogP contribution in [-0.2, 0) is 0 Å². The molecule has 2 aromatic rings. The summed E-state index contributed by atoms with van der Waals surface area (Å²) < 4.78 is 5.53. The SMILES string of the molecule is COc1ccc(C(=O)NC(C)C)cc1C1CC(c2ccc([ClH+])cc2)C1. The minimum atomic E-state index is -0.0317. The third kappa shape index (κ3) is 3.98. The number of amides is 1. The van der Waals surface area contributed by atoms with Crippen LogP contribution >= 0.6 is 0 Å². The van der Waals surface area contributed by atoms with E-state index in [2.05, 4.69) is 17.4 Å². The highest BCUT2D eigenvalue weighted by molar-refractivity contribution is 5.94. The van der Waals surface area contributed by atoms with Gasteiger partial charge in [-0.1, -0.05) is 12.1 Å². The van der Waals surface area contributed by atoms with Crippen LogP contribution in [0.1, 0.15) is 60.0 Å². The highest BCUT2D eigenvalue weighted by atomic mass is 35.5. The van der Waals surface area contributed by atoms with Crippen LogP contribution in [0.25, 0.3) is 0 Å². The van der Waals surface area contributed by atoms with Crippen molar-refractivity contribution in [3.63, 3.8) is 0 Å². The summed E-state index contributed by atoms with van der Waals surface area (Å²) in [7, 11) is 1.69. The number of hydrogen-bond donors (Lipinski definition) is 1. The maximum Gasteiger partial charge on any atom is 0.251 e. The van der Waals surface area contributed by atoms with E-state index in [1.54, 1.807) is 7.11 Å². The monoisotopic (exact) mass is 358 g/mol. The summed E-state index contributed by atoms with van der Waals surface area (Å²) in [6.45, 7) is 3.93. The highest BCUT2D eigenvalue weighted by Crippen LogP contribution is 2.49. The molecule has 132 valence electrons. The molecule has 0 radical (unpaired) electrons. The van der Waals surface area contributed by atoms with E-state index in [1.807, 2.05) is 44.2 Å². The Labute approximate surface area is 154 Å². The Morgan fingerprint density at radius 3 is 2.40 bits per heavy atom. The lowest BCUT2D eigenvalue weighted by Gasteiger charge is -2.37. The van der Waals surface area contributed by atoms with E-state index in [1.165, 1.54) is 5.56 Å². The average molecular weight is 359 g/mol. The Hall–Kier alpha value is -2.00. The Bertz CT molecular complexity index is 749. The molecule has 0 unspecified atom stereocenters. The summed E-state index contributed by atoms with van der Waals surface area (Å²) in [6, 6.07) is 14.1. The minimum absolute atomic E-state index is 0.0317. The molecular weight excluding hydrogens is 334 g/mol. The molecule has 1 saturated carbocycles. The maximum atomic E-state index is 12.3. The van der Waals surface area contributed by atoms with Gasteiger partial charge in [-0.3, -0.25) is 4.79 Å². The van der Waals surface area contributed by atoms with Crippen LogP contribution in [0.3, 0.4) is 0 Å². The standard InChI is InChI=1S/C21H24ClNO2/c1-13(2)23-21(24)15-6-9-20(25-3)19(12-15)17-10-16(11-17)14-4-7-18(22)8-5-14/h4-9,12-13,16-17,22H,10-11H2,1-3H3/p+1. The Morgan fingerprint density at radius 2 is 1.80 bits per heavy atom. The molecular formula is C21H25ClNO2+. The topological polar surface area (TPSA) is 38.3 Å². The van der Waals surface area contributed by atoms with Gasteiger partial charge >= 0.3 is 0 Å². The second-order valence-corrected chi connectivity index (χ2v) is 7.49. The molecule has 0 aliphatic heterocycles. The smallest absolute Gasteiger partial charge is 0.251 e. The van der Waals surface area contributed by atoms with Crippen LogP contribution in [-0.4, -0.2) is 19.1 Å². The number of nitrogens with one attached hydrogen (secondary N) is 1. The molecule has 3 rings (SSSR count). The van der Waals surface area contributed by atoms with Crippen molar-refractivity contribution < 1.29 is 21.1 Å². The molecule has 3 nitrogen and oxygen atoms in total. The molecule has 2 aromatic carbocycles. The van der Waals surface area contributed by atoms with Crippen molar-refractivity contribution in [2.45, 2.75) is 44.6 Å². The summed E-state index contributed by atoms with van der Waals surface area (Å²) in [5, 5.41) is 3.83. The lowest BCUT2D eigenvalue weighted by Crippen LogP contribution is -2.30. The molecule has 0 heterocycles. The fraction of sp³-hybridized carbons (Fsp3) is 0.381. The van der Waals surface area contributed by atoms with E-state index in [4.69, 9.17) is 16.3 Å². The molecule has 1 amide bonds. The molecule has 0 spiro atoms. The van der Waals surface area contributed by atoms with Gasteiger partial charge in [-0.25, -0.2) is 0 Å². The van der Waals surface area contributed by atoms with Gasteiger partial charge in [0, 0.05) is 23.7 Å². The first-order valence-electron chi connectivity index (χ1n) is 8.73. The van der Waals surface area contributed by atoms with Crippen LogP contribution in [0.2, 0.25) is 5.02 Å². The Balaban J connectivity index is 1.75.